The molecule has 7 nitrogen and oxygen atoms in total. The third kappa shape index (κ3) is 7.38. The summed E-state index contributed by atoms with van der Waals surface area (Å²) in [7, 11) is 0. The lowest BCUT2D eigenvalue weighted by atomic mass is 10.1. The van der Waals surface area contributed by atoms with Crippen LogP contribution >= 0.6 is 0 Å². The van der Waals surface area contributed by atoms with Gasteiger partial charge in [-0.25, -0.2) is 4.79 Å². The molecule has 1 aliphatic rings. The summed E-state index contributed by atoms with van der Waals surface area (Å²) < 4.78 is 5.06. The highest BCUT2D eigenvalue weighted by Gasteiger charge is 2.23. The predicted molar refractivity (Wildman–Crippen MR) is 98.5 cm³/mol. The van der Waals surface area contributed by atoms with E-state index < -0.39 is 0 Å². The number of rotatable bonds is 8. The van der Waals surface area contributed by atoms with E-state index in [2.05, 4.69) is 41.3 Å². The van der Waals surface area contributed by atoms with Crippen molar-refractivity contribution in [2.75, 3.05) is 52.4 Å². The number of hydrogen-bond acceptors (Lipinski definition) is 4. The molecule has 1 amide bonds. The smallest absolute Gasteiger partial charge is 0.409 e. The van der Waals surface area contributed by atoms with Crippen LogP contribution in [0.5, 0.6) is 0 Å². The summed E-state index contributed by atoms with van der Waals surface area (Å²) >= 11 is 0. The van der Waals surface area contributed by atoms with E-state index in [0.29, 0.717) is 12.6 Å². The second kappa shape index (κ2) is 11.9. The molecule has 0 radical (unpaired) electrons. The minimum atomic E-state index is -0.198. The highest BCUT2D eigenvalue weighted by Crippen LogP contribution is 2.11. The van der Waals surface area contributed by atoms with Crippen molar-refractivity contribution in [1.29, 1.82) is 0 Å². The number of hydrogen-bond donors (Lipinski definition) is 2. The zero-order valence-corrected chi connectivity index (χ0v) is 15.8. The van der Waals surface area contributed by atoms with Gasteiger partial charge in [0.15, 0.2) is 5.96 Å². The molecule has 0 aromatic carbocycles. The van der Waals surface area contributed by atoms with E-state index >= 15 is 0 Å². The van der Waals surface area contributed by atoms with Crippen molar-refractivity contribution in [3.8, 4) is 0 Å². The maximum absolute atomic E-state index is 11.7. The minimum absolute atomic E-state index is 0.198. The first-order valence-corrected chi connectivity index (χ1v) is 9.33. The molecular weight excluding hydrogens is 306 g/mol. The fraction of sp³-hybridized carbons (Fsp3) is 0.882. The molecule has 2 N–H and O–H groups in total. The van der Waals surface area contributed by atoms with Gasteiger partial charge in [-0.15, -0.1) is 0 Å². The Labute approximate surface area is 146 Å². The van der Waals surface area contributed by atoms with Crippen molar-refractivity contribution in [2.45, 2.75) is 46.6 Å². The van der Waals surface area contributed by atoms with E-state index in [-0.39, 0.29) is 6.09 Å². The second-order valence-electron chi connectivity index (χ2n) is 5.89. The Hall–Kier alpha value is -1.50. The highest BCUT2D eigenvalue weighted by molar-refractivity contribution is 5.80. The Bertz CT molecular complexity index is 377. The van der Waals surface area contributed by atoms with E-state index in [1.807, 2.05) is 6.92 Å². The molecule has 1 saturated heterocycles. The summed E-state index contributed by atoms with van der Waals surface area (Å²) in [6, 6.07) is 0.349. The molecule has 0 bridgehead atoms. The zero-order chi connectivity index (χ0) is 17.8. The molecule has 1 rings (SSSR count). The number of nitrogens with zero attached hydrogens (tertiary/aromatic N) is 3. The summed E-state index contributed by atoms with van der Waals surface area (Å²) in [5, 5.41) is 6.81. The van der Waals surface area contributed by atoms with Crippen molar-refractivity contribution in [3.05, 3.63) is 0 Å². The average molecular weight is 342 g/mol. The Morgan fingerprint density at radius 3 is 2.42 bits per heavy atom. The fourth-order valence-corrected chi connectivity index (χ4v) is 2.78. The topological polar surface area (TPSA) is 69.2 Å². The van der Waals surface area contributed by atoms with Gasteiger partial charge in [-0.3, -0.25) is 4.99 Å². The quantitative estimate of drug-likeness (QED) is 0.517. The van der Waals surface area contributed by atoms with E-state index in [1.165, 1.54) is 0 Å². The molecule has 1 aliphatic heterocycles. The number of carbonyl (C=O) groups excluding carboxylic acids is 1. The largest absolute Gasteiger partial charge is 0.450 e. The molecule has 24 heavy (non-hydrogen) atoms. The third-order valence-corrected chi connectivity index (χ3v) is 4.29. The second-order valence-corrected chi connectivity index (χ2v) is 5.89. The molecule has 0 atom stereocenters. The number of piperidine rings is 1. The van der Waals surface area contributed by atoms with E-state index in [1.54, 1.807) is 4.90 Å². The minimum Gasteiger partial charge on any atom is -0.450 e. The van der Waals surface area contributed by atoms with E-state index in [9.17, 15) is 4.79 Å². The van der Waals surface area contributed by atoms with Crippen LogP contribution in [0.2, 0.25) is 0 Å². The van der Waals surface area contributed by atoms with Crippen molar-refractivity contribution in [1.82, 2.24) is 20.4 Å². The van der Waals surface area contributed by atoms with Crippen molar-refractivity contribution in [3.63, 3.8) is 0 Å². The Morgan fingerprint density at radius 1 is 1.21 bits per heavy atom. The molecule has 1 heterocycles. The number of likely N-dealkylation sites (N-methyl/N-ethyl adjacent to an activating group) is 1. The summed E-state index contributed by atoms with van der Waals surface area (Å²) in [5.74, 6) is 0.874. The lowest BCUT2D eigenvalue weighted by molar-refractivity contribution is 0.0963. The molecule has 0 aromatic heterocycles. The normalized spacial score (nSPS) is 16.4. The van der Waals surface area contributed by atoms with Crippen LogP contribution in [0.1, 0.15) is 40.5 Å². The number of likely N-dealkylation sites (tertiary alicyclic amines) is 1. The Balaban J connectivity index is 2.41. The van der Waals surface area contributed by atoms with Crippen LogP contribution in [-0.2, 0) is 4.74 Å². The molecule has 0 aromatic rings. The van der Waals surface area contributed by atoms with Gasteiger partial charge < -0.3 is 25.2 Å². The van der Waals surface area contributed by atoms with Crippen LogP contribution < -0.4 is 10.6 Å². The Kier molecular flexibility index (Phi) is 10.2. The third-order valence-electron chi connectivity index (χ3n) is 4.29. The van der Waals surface area contributed by atoms with Gasteiger partial charge in [0.25, 0.3) is 0 Å². The molecule has 7 heteroatoms. The number of carbonyl (C=O) groups is 1. The van der Waals surface area contributed by atoms with Gasteiger partial charge >= 0.3 is 6.09 Å². The number of amides is 1. The van der Waals surface area contributed by atoms with Gasteiger partial charge in [0.1, 0.15) is 0 Å². The van der Waals surface area contributed by atoms with Gasteiger partial charge in [-0.05, 0) is 39.8 Å². The van der Waals surface area contributed by atoms with Crippen molar-refractivity contribution >= 4 is 12.1 Å². The average Bonchev–Trinajstić information content (AvgIpc) is 2.59. The van der Waals surface area contributed by atoms with Crippen LogP contribution in [0.3, 0.4) is 0 Å². The molecular formula is C17H35N5O2. The SMILES string of the molecule is CCNC(=NCCN(CC)CC)NC1CCN(C(=O)OCC)CC1. The van der Waals surface area contributed by atoms with Gasteiger partial charge in [0, 0.05) is 32.2 Å². The summed E-state index contributed by atoms with van der Waals surface area (Å²) in [4.78, 5) is 20.6. The van der Waals surface area contributed by atoms with E-state index in [0.717, 1.165) is 64.6 Å². The lowest BCUT2D eigenvalue weighted by Gasteiger charge is -2.32. The van der Waals surface area contributed by atoms with E-state index in [4.69, 9.17) is 4.74 Å². The number of ether oxygens (including phenoxy) is 1. The lowest BCUT2D eigenvalue weighted by Crippen LogP contribution is -2.50. The fourth-order valence-electron chi connectivity index (χ4n) is 2.78. The number of guanidine groups is 1. The highest BCUT2D eigenvalue weighted by atomic mass is 16.6. The Morgan fingerprint density at radius 2 is 1.88 bits per heavy atom. The van der Waals surface area contributed by atoms with Crippen molar-refractivity contribution in [2.24, 2.45) is 4.99 Å². The molecule has 140 valence electrons. The molecule has 1 fully saturated rings. The standard InChI is InChI=1S/C17H35N5O2/c1-5-18-16(19-11-14-21(6-2)7-3)20-15-9-12-22(13-10-15)17(23)24-8-4/h15H,5-14H2,1-4H3,(H2,18,19,20). The van der Waals surface area contributed by atoms with Gasteiger partial charge in [-0.1, -0.05) is 13.8 Å². The van der Waals surface area contributed by atoms with Crippen LogP contribution in [0.4, 0.5) is 4.79 Å². The van der Waals surface area contributed by atoms with Gasteiger partial charge in [0.05, 0.1) is 13.2 Å². The summed E-state index contributed by atoms with van der Waals surface area (Å²) in [6.07, 6.45) is 1.63. The molecule has 0 unspecified atom stereocenters. The molecule has 0 spiro atoms. The molecule has 0 aliphatic carbocycles. The number of aliphatic imine (C=N–C) groups is 1. The predicted octanol–water partition coefficient (Wildman–Crippen LogP) is 1.50. The zero-order valence-electron chi connectivity index (χ0n) is 15.8. The van der Waals surface area contributed by atoms with Crippen LogP contribution in [0.25, 0.3) is 0 Å². The van der Waals surface area contributed by atoms with Crippen molar-refractivity contribution < 1.29 is 9.53 Å². The van der Waals surface area contributed by atoms with Crippen LogP contribution in [-0.4, -0.2) is 80.3 Å². The molecule has 0 saturated carbocycles. The van der Waals surface area contributed by atoms with Gasteiger partial charge in [0.2, 0.25) is 0 Å². The first kappa shape index (κ1) is 20.5. The summed E-state index contributed by atoms with van der Waals surface area (Å²) in [5.41, 5.74) is 0. The first-order chi connectivity index (χ1) is 11.6. The maximum atomic E-state index is 11.7. The first-order valence-electron chi connectivity index (χ1n) is 9.33. The monoisotopic (exact) mass is 341 g/mol. The number of nitrogens with one attached hydrogen (secondary N) is 2. The summed E-state index contributed by atoms with van der Waals surface area (Å²) in [6.45, 7) is 14.9. The maximum Gasteiger partial charge on any atom is 0.409 e. The van der Waals surface area contributed by atoms with Crippen LogP contribution in [0, 0.1) is 0 Å². The van der Waals surface area contributed by atoms with Gasteiger partial charge in [-0.2, -0.15) is 0 Å². The van der Waals surface area contributed by atoms with Crippen LogP contribution in [0.15, 0.2) is 4.99 Å².